The summed E-state index contributed by atoms with van der Waals surface area (Å²) in [6.07, 6.45) is 0. The second kappa shape index (κ2) is 12.8. The second-order valence-corrected chi connectivity index (χ2v) is 8.19. The maximum Gasteiger partial charge on any atom is 0.344 e. The van der Waals surface area contributed by atoms with Gasteiger partial charge in [0.1, 0.15) is 5.75 Å². The van der Waals surface area contributed by atoms with Gasteiger partial charge in [-0.3, -0.25) is 4.79 Å². The molecule has 0 radical (unpaired) electrons. The number of rotatable bonds is 11. The Labute approximate surface area is 211 Å². The van der Waals surface area contributed by atoms with E-state index in [1.54, 1.807) is 17.0 Å². The number of carbonyl (C=O) groups is 2. The van der Waals surface area contributed by atoms with Crippen LogP contribution in [0.2, 0.25) is 0 Å². The Morgan fingerprint density at radius 2 is 1.11 bits per heavy atom. The average molecular weight is 481 g/mol. The van der Waals surface area contributed by atoms with Gasteiger partial charge in [0.15, 0.2) is 13.2 Å². The molecule has 4 aromatic rings. The maximum absolute atomic E-state index is 12.9. The zero-order valence-corrected chi connectivity index (χ0v) is 19.9. The van der Waals surface area contributed by atoms with Gasteiger partial charge in [-0.2, -0.15) is 0 Å². The molecule has 6 heteroatoms. The number of amides is 1. The van der Waals surface area contributed by atoms with Gasteiger partial charge in [0.2, 0.25) is 0 Å². The highest BCUT2D eigenvalue weighted by molar-refractivity contribution is 5.81. The van der Waals surface area contributed by atoms with E-state index in [4.69, 9.17) is 9.47 Å². The zero-order valence-electron chi connectivity index (χ0n) is 19.9. The van der Waals surface area contributed by atoms with E-state index in [0.29, 0.717) is 18.8 Å². The molecule has 36 heavy (non-hydrogen) atoms. The quantitative estimate of drug-likeness (QED) is 0.284. The van der Waals surface area contributed by atoms with Crippen LogP contribution in [0.25, 0.3) is 0 Å². The molecule has 0 unspecified atom stereocenters. The van der Waals surface area contributed by atoms with Gasteiger partial charge in [-0.05, 0) is 47.5 Å². The van der Waals surface area contributed by atoms with Crippen LogP contribution in [0.3, 0.4) is 0 Å². The van der Waals surface area contributed by atoms with Gasteiger partial charge < -0.3 is 19.7 Å². The second-order valence-electron chi connectivity index (χ2n) is 8.19. The molecule has 0 saturated heterocycles. The van der Waals surface area contributed by atoms with Gasteiger partial charge in [0.05, 0.1) is 0 Å². The minimum absolute atomic E-state index is 0.271. The highest BCUT2D eigenvalue weighted by Crippen LogP contribution is 2.20. The minimum Gasteiger partial charge on any atom is -0.482 e. The lowest BCUT2D eigenvalue weighted by Gasteiger charge is -2.23. The molecule has 0 saturated carbocycles. The van der Waals surface area contributed by atoms with Crippen LogP contribution >= 0.6 is 0 Å². The molecule has 182 valence electrons. The molecule has 1 amide bonds. The van der Waals surface area contributed by atoms with Gasteiger partial charge in [-0.15, -0.1) is 0 Å². The highest BCUT2D eigenvalue weighted by Gasteiger charge is 2.17. The van der Waals surface area contributed by atoms with Crippen molar-refractivity contribution in [1.29, 1.82) is 0 Å². The van der Waals surface area contributed by atoms with Gasteiger partial charge >= 0.3 is 5.97 Å². The van der Waals surface area contributed by atoms with Crippen molar-refractivity contribution in [2.24, 2.45) is 0 Å². The fraction of sp³-hybridized carbons (Fsp3) is 0.133. The first kappa shape index (κ1) is 24.5. The molecule has 0 aliphatic carbocycles. The number of hydrogen-bond donors (Lipinski definition) is 1. The van der Waals surface area contributed by atoms with Crippen molar-refractivity contribution >= 4 is 23.3 Å². The van der Waals surface area contributed by atoms with Crippen LogP contribution in [-0.2, 0) is 27.4 Å². The maximum atomic E-state index is 12.9. The van der Waals surface area contributed by atoms with Crippen LogP contribution in [0, 0.1) is 0 Å². The van der Waals surface area contributed by atoms with Crippen LogP contribution in [0.15, 0.2) is 115 Å². The summed E-state index contributed by atoms with van der Waals surface area (Å²) in [5.41, 5.74) is 3.88. The molecular formula is C30H28N2O4. The standard InChI is InChI=1S/C30H28N2O4/c33-29(32(20-24-10-4-1-5-11-24)21-25-12-6-2-7-13-25)22-36-30(34)23-35-28-18-16-27(17-19-28)31-26-14-8-3-9-15-26/h1-19,31H,20-23H2. The number of ether oxygens (including phenoxy) is 2. The first-order chi connectivity index (χ1) is 17.7. The third-order valence-corrected chi connectivity index (χ3v) is 5.42. The average Bonchev–Trinajstić information content (AvgIpc) is 2.93. The van der Waals surface area contributed by atoms with E-state index in [1.807, 2.05) is 103 Å². The molecule has 0 spiro atoms. The molecule has 4 rings (SSSR count). The molecule has 0 heterocycles. The molecule has 0 aromatic heterocycles. The van der Waals surface area contributed by atoms with Crippen molar-refractivity contribution < 1.29 is 19.1 Å². The summed E-state index contributed by atoms with van der Waals surface area (Å²) in [6, 6.07) is 36.5. The molecular weight excluding hydrogens is 452 g/mol. The molecule has 4 aromatic carbocycles. The first-order valence-corrected chi connectivity index (χ1v) is 11.7. The third-order valence-electron chi connectivity index (χ3n) is 5.42. The van der Waals surface area contributed by atoms with E-state index < -0.39 is 5.97 Å². The molecule has 0 fully saturated rings. The molecule has 1 N–H and O–H groups in total. The Hall–Kier alpha value is -4.58. The van der Waals surface area contributed by atoms with E-state index in [0.717, 1.165) is 22.5 Å². The normalized spacial score (nSPS) is 10.3. The Morgan fingerprint density at radius 3 is 1.67 bits per heavy atom. The number of esters is 1. The van der Waals surface area contributed by atoms with Crippen molar-refractivity contribution in [2.45, 2.75) is 13.1 Å². The van der Waals surface area contributed by atoms with Gasteiger partial charge in [-0.1, -0.05) is 78.9 Å². The fourth-order valence-electron chi connectivity index (χ4n) is 3.58. The zero-order chi connectivity index (χ0) is 25.0. The summed E-state index contributed by atoms with van der Waals surface area (Å²) < 4.78 is 10.7. The molecule has 0 aliphatic heterocycles. The lowest BCUT2D eigenvalue weighted by Crippen LogP contribution is -2.34. The van der Waals surface area contributed by atoms with E-state index in [2.05, 4.69) is 5.32 Å². The largest absolute Gasteiger partial charge is 0.482 e. The molecule has 0 bridgehead atoms. The number of nitrogens with zero attached hydrogens (tertiary/aromatic N) is 1. The van der Waals surface area contributed by atoms with Crippen LogP contribution < -0.4 is 10.1 Å². The Kier molecular flexibility index (Phi) is 8.70. The number of nitrogens with one attached hydrogen (secondary N) is 1. The smallest absolute Gasteiger partial charge is 0.344 e. The van der Waals surface area contributed by atoms with Crippen LogP contribution in [0.4, 0.5) is 11.4 Å². The fourth-order valence-corrected chi connectivity index (χ4v) is 3.58. The minimum atomic E-state index is -0.603. The number of benzene rings is 4. The number of hydrogen-bond acceptors (Lipinski definition) is 5. The summed E-state index contributed by atoms with van der Waals surface area (Å²) in [7, 11) is 0. The van der Waals surface area contributed by atoms with Gasteiger partial charge in [-0.25, -0.2) is 4.79 Å². The Morgan fingerprint density at radius 1 is 0.611 bits per heavy atom. The summed E-state index contributed by atoms with van der Waals surface area (Å²) >= 11 is 0. The highest BCUT2D eigenvalue weighted by atomic mass is 16.6. The van der Waals surface area contributed by atoms with Crippen LogP contribution in [0.5, 0.6) is 5.75 Å². The number of anilines is 2. The molecule has 6 nitrogen and oxygen atoms in total. The SMILES string of the molecule is O=C(COc1ccc(Nc2ccccc2)cc1)OCC(=O)N(Cc1ccccc1)Cc1ccccc1. The predicted octanol–water partition coefficient (Wildman–Crippen LogP) is 5.58. The van der Waals surface area contributed by atoms with Crippen molar-refractivity contribution in [2.75, 3.05) is 18.5 Å². The molecule has 0 aliphatic rings. The number of carbonyl (C=O) groups excluding carboxylic acids is 2. The van der Waals surface area contributed by atoms with Crippen LogP contribution in [-0.4, -0.2) is 30.0 Å². The number of para-hydroxylation sites is 1. The van der Waals surface area contributed by atoms with E-state index in [9.17, 15) is 9.59 Å². The van der Waals surface area contributed by atoms with Crippen molar-refractivity contribution in [3.63, 3.8) is 0 Å². The van der Waals surface area contributed by atoms with Gasteiger partial charge in [0, 0.05) is 24.5 Å². The van der Waals surface area contributed by atoms with E-state index >= 15 is 0 Å². The van der Waals surface area contributed by atoms with Crippen molar-refractivity contribution in [1.82, 2.24) is 4.90 Å². The van der Waals surface area contributed by atoms with Crippen molar-refractivity contribution in [3.8, 4) is 5.75 Å². The third kappa shape index (κ3) is 7.74. The predicted molar refractivity (Wildman–Crippen MR) is 140 cm³/mol. The van der Waals surface area contributed by atoms with Gasteiger partial charge in [0.25, 0.3) is 5.91 Å². The van der Waals surface area contributed by atoms with Crippen molar-refractivity contribution in [3.05, 3.63) is 126 Å². The summed E-state index contributed by atoms with van der Waals surface area (Å²) in [6.45, 7) is 0.218. The summed E-state index contributed by atoms with van der Waals surface area (Å²) in [5.74, 6) is -0.340. The Balaban J connectivity index is 1.26. The summed E-state index contributed by atoms with van der Waals surface area (Å²) in [5, 5.41) is 3.28. The first-order valence-electron chi connectivity index (χ1n) is 11.7. The lowest BCUT2D eigenvalue weighted by molar-refractivity contribution is -0.154. The van der Waals surface area contributed by atoms with E-state index in [-0.39, 0.29) is 19.1 Å². The van der Waals surface area contributed by atoms with E-state index in [1.165, 1.54) is 0 Å². The molecule has 0 atom stereocenters. The monoisotopic (exact) mass is 480 g/mol. The topological polar surface area (TPSA) is 67.9 Å². The summed E-state index contributed by atoms with van der Waals surface area (Å²) in [4.78, 5) is 26.8. The lowest BCUT2D eigenvalue weighted by atomic mass is 10.1. The van der Waals surface area contributed by atoms with Crippen LogP contribution in [0.1, 0.15) is 11.1 Å². The Bertz CT molecular complexity index is 1190.